The molecule has 34 heavy (non-hydrogen) atoms. The SMILES string of the molecule is Cc1cc2c(c3cc4ccccc4cc13)[Si](c1ccccc1)(c1ccccc1)c1ccccc1-2. The second kappa shape index (κ2) is 7.28. The number of rotatable bonds is 2. The van der Waals surface area contributed by atoms with Gasteiger partial charge in [0.15, 0.2) is 8.07 Å². The molecule has 0 radical (unpaired) electrons. The van der Waals surface area contributed by atoms with Gasteiger partial charge in [-0.3, -0.25) is 0 Å². The van der Waals surface area contributed by atoms with Crippen LogP contribution in [0.15, 0.2) is 127 Å². The van der Waals surface area contributed by atoms with Gasteiger partial charge >= 0.3 is 0 Å². The highest BCUT2D eigenvalue weighted by atomic mass is 28.3. The fraction of sp³-hybridized carbons (Fsp3) is 0.0303. The summed E-state index contributed by atoms with van der Waals surface area (Å²) >= 11 is 0. The van der Waals surface area contributed by atoms with E-state index in [9.17, 15) is 0 Å². The number of hydrogen-bond acceptors (Lipinski definition) is 0. The summed E-state index contributed by atoms with van der Waals surface area (Å²) in [6.07, 6.45) is 0. The molecular weight excluding hydrogens is 424 g/mol. The topological polar surface area (TPSA) is 0 Å². The molecule has 6 aromatic carbocycles. The van der Waals surface area contributed by atoms with Crippen molar-refractivity contribution in [2.75, 3.05) is 0 Å². The minimum atomic E-state index is -2.50. The second-order valence-corrected chi connectivity index (χ2v) is 13.1. The standard InChI is InChI=1S/C33H24Si/c1-23-20-30-28-18-10-11-19-32(28)34(26-14-4-2-5-15-26,27-16-6-3-7-17-27)33(30)31-22-25-13-9-8-12-24(25)21-29(23)31/h2-22H,1H3. The van der Waals surface area contributed by atoms with Crippen molar-refractivity contribution in [1.29, 1.82) is 0 Å². The Bertz CT molecular complexity index is 1660. The van der Waals surface area contributed by atoms with E-state index in [1.807, 2.05) is 0 Å². The Morgan fingerprint density at radius 1 is 0.471 bits per heavy atom. The third kappa shape index (κ3) is 2.53. The molecule has 0 N–H and O–H groups in total. The van der Waals surface area contributed by atoms with Crippen LogP contribution in [0, 0.1) is 6.92 Å². The molecule has 160 valence electrons. The first kappa shape index (κ1) is 19.5. The van der Waals surface area contributed by atoms with Gasteiger partial charge in [0.05, 0.1) is 0 Å². The van der Waals surface area contributed by atoms with Crippen molar-refractivity contribution in [3.8, 4) is 11.1 Å². The van der Waals surface area contributed by atoms with Crippen LogP contribution in [0.1, 0.15) is 5.56 Å². The predicted molar refractivity (Wildman–Crippen MR) is 149 cm³/mol. The van der Waals surface area contributed by atoms with Crippen LogP contribution < -0.4 is 20.7 Å². The van der Waals surface area contributed by atoms with Gasteiger partial charge in [-0.15, -0.1) is 0 Å². The maximum Gasteiger partial charge on any atom is 0.181 e. The predicted octanol–water partition coefficient (Wildman–Crippen LogP) is 5.66. The van der Waals surface area contributed by atoms with Gasteiger partial charge in [0.2, 0.25) is 0 Å². The lowest BCUT2D eigenvalue weighted by atomic mass is 9.95. The molecule has 0 atom stereocenters. The molecule has 0 saturated carbocycles. The van der Waals surface area contributed by atoms with Crippen LogP contribution in [0.2, 0.25) is 0 Å². The fourth-order valence-electron chi connectivity index (χ4n) is 6.22. The fourth-order valence-corrected chi connectivity index (χ4v) is 11.6. The average Bonchev–Trinajstić information content (AvgIpc) is 3.20. The molecule has 1 heterocycles. The Labute approximate surface area is 201 Å². The van der Waals surface area contributed by atoms with E-state index in [0.717, 1.165) is 0 Å². The summed E-state index contributed by atoms with van der Waals surface area (Å²) in [5.41, 5.74) is 4.16. The summed E-state index contributed by atoms with van der Waals surface area (Å²) in [5.74, 6) is 0. The van der Waals surface area contributed by atoms with E-state index in [1.54, 1.807) is 0 Å². The molecule has 7 rings (SSSR count). The van der Waals surface area contributed by atoms with Crippen molar-refractivity contribution < 1.29 is 0 Å². The minimum Gasteiger partial charge on any atom is -0.0623 e. The van der Waals surface area contributed by atoms with E-state index in [1.165, 1.54) is 59.0 Å². The Morgan fingerprint density at radius 2 is 1.00 bits per heavy atom. The van der Waals surface area contributed by atoms with Gasteiger partial charge < -0.3 is 0 Å². The van der Waals surface area contributed by atoms with Crippen molar-refractivity contribution in [3.63, 3.8) is 0 Å². The van der Waals surface area contributed by atoms with Crippen molar-refractivity contribution in [2.45, 2.75) is 6.92 Å². The molecule has 1 aliphatic rings. The van der Waals surface area contributed by atoms with Gasteiger partial charge in [-0.05, 0) is 78.0 Å². The molecular formula is C33H24Si. The molecule has 1 heteroatoms. The van der Waals surface area contributed by atoms with Crippen LogP contribution in [0.5, 0.6) is 0 Å². The largest absolute Gasteiger partial charge is 0.181 e. The van der Waals surface area contributed by atoms with E-state index in [4.69, 9.17) is 0 Å². The van der Waals surface area contributed by atoms with Crippen LogP contribution in [-0.4, -0.2) is 8.07 Å². The number of benzene rings is 6. The van der Waals surface area contributed by atoms with E-state index >= 15 is 0 Å². The molecule has 0 amide bonds. The average molecular weight is 449 g/mol. The molecule has 0 unspecified atom stereocenters. The number of fused-ring (bicyclic) bond motifs is 6. The van der Waals surface area contributed by atoms with Gasteiger partial charge in [-0.1, -0.05) is 115 Å². The van der Waals surface area contributed by atoms with Crippen LogP contribution in [-0.2, 0) is 0 Å². The Balaban J connectivity index is 1.75. The second-order valence-electron chi connectivity index (χ2n) is 9.39. The molecule has 6 aromatic rings. The van der Waals surface area contributed by atoms with Crippen LogP contribution in [0.4, 0.5) is 0 Å². The third-order valence-electron chi connectivity index (χ3n) is 7.62. The summed E-state index contributed by atoms with van der Waals surface area (Å²) in [4.78, 5) is 0. The van der Waals surface area contributed by atoms with Crippen molar-refractivity contribution in [2.24, 2.45) is 0 Å². The van der Waals surface area contributed by atoms with Gasteiger partial charge in [0.25, 0.3) is 0 Å². The normalized spacial score (nSPS) is 13.7. The van der Waals surface area contributed by atoms with Crippen LogP contribution in [0.25, 0.3) is 32.7 Å². The van der Waals surface area contributed by atoms with E-state index < -0.39 is 8.07 Å². The summed E-state index contributed by atoms with van der Waals surface area (Å²) in [6.45, 7) is 2.27. The zero-order valence-corrected chi connectivity index (χ0v) is 20.1. The molecule has 0 aliphatic carbocycles. The molecule has 0 bridgehead atoms. The molecule has 0 spiro atoms. The Hall–Kier alpha value is -3.94. The zero-order valence-electron chi connectivity index (χ0n) is 19.1. The van der Waals surface area contributed by atoms with Crippen LogP contribution in [0.3, 0.4) is 0 Å². The summed E-state index contributed by atoms with van der Waals surface area (Å²) < 4.78 is 0. The van der Waals surface area contributed by atoms with Gasteiger partial charge in [0.1, 0.15) is 0 Å². The van der Waals surface area contributed by atoms with E-state index in [0.29, 0.717) is 0 Å². The molecule has 1 aliphatic heterocycles. The first-order valence-electron chi connectivity index (χ1n) is 12.0. The van der Waals surface area contributed by atoms with Crippen molar-refractivity contribution in [1.82, 2.24) is 0 Å². The summed E-state index contributed by atoms with van der Waals surface area (Å²) in [5, 5.41) is 11.3. The lowest BCUT2D eigenvalue weighted by Gasteiger charge is -2.32. The highest BCUT2D eigenvalue weighted by Crippen LogP contribution is 2.35. The maximum absolute atomic E-state index is 2.50. The van der Waals surface area contributed by atoms with Crippen molar-refractivity contribution >= 4 is 50.4 Å². The Morgan fingerprint density at radius 3 is 1.65 bits per heavy atom. The molecule has 0 aromatic heterocycles. The number of hydrogen-bond donors (Lipinski definition) is 0. The maximum atomic E-state index is 2.45. The quantitative estimate of drug-likeness (QED) is 0.236. The zero-order chi connectivity index (χ0) is 22.7. The first-order valence-corrected chi connectivity index (χ1v) is 14.0. The minimum absolute atomic E-state index is 1.31. The molecule has 0 saturated heterocycles. The van der Waals surface area contributed by atoms with Crippen molar-refractivity contribution in [3.05, 3.63) is 133 Å². The number of aryl methyl sites for hydroxylation is 1. The third-order valence-corrected chi connectivity index (χ3v) is 12.6. The highest BCUT2D eigenvalue weighted by molar-refractivity contribution is 7.23. The smallest absolute Gasteiger partial charge is 0.0623 e. The molecule has 0 fully saturated rings. The highest BCUT2D eigenvalue weighted by Gasteiger charge is 2.49. The molecule has 0 nitrogen and oxygen atoms in total. The van der Waals surface area contributed by atoms with Gasteiger partial charge in [-0.2, -0.15) is 0 Å². The lowest BCUT2D eigenvalue weighted by Crippen LogP contribution is -2.73. The summed E-state index contributed by atoms with van der Waals surface area (Å²) in [7, 11) is -2.50. The first-order chi connectivity index (χ1) is 16.8. The van der Waals surface area contributed by atoms with Crippen LogP contribution >= 0.6 is 0 Å². The van der Waals surface area contributed by atoms with Gasteiger partial charge in [-0.25, -0.2) is 0 Å². The monoisotopic (exact) mass is 448 g/mol. The summed E-state index contributed by atoms with van der Waals surface area (Å²) in [6, 6.07) is 47.8. The van der Waals surface area contributed by atoms with E-state index in [-0.39, 0.29) is 0 Å². The van der Waals surface area contributed by atoms with E-state index in [2.05, 4.69) is 134 Å². The Kier molecular flexibility index (Phi) is 4.18. The van der Waals surface area contributed by atoms with Gasteiger partial charge in [0, 0.05) is 0 Å². The lowest BCUT2D eigenvalue weighted by molar-refractivity contribution is 1.54.